The molecule has 0 aliphatic carbocycles. The van der Waals surface area contributed by atoms with Crippen LogP contribution in [0.25, 0.3) is 10.6 Å². The van der Waals surface area contributed by atoms with Gasteiger partial charge in [-0.2, -0.15) is 4.31 Å². The zero-order valence-electron chi connectivity index (χ0n) is 15.7. The molecule has 29 heavy (non-hydrogen) atoms. The van der Waals surface area contributed by atoms with Gasteiger partial charge < -0.3 is 4.74 Å². The minimum atomic E-state index is -3.57. The maximum absolute atomic E-state index is 12.7. The molecule has 150 valence electrons. The summed E-state index contributed by atoms with van der Waals surface area (Å²) >= 11 is 1.48. The Hall–Kier alpha value is -2.55. The Balaban J connectivity index is 1.44. The molecule has 0 atom stereocenters. The van der Waals surface area contributed by atoms with Crippen molar-refractivity contribution in [3.05, 3.63) is 71.2 Å². The van der Waals surface area contributed by atoms with E-state index in [9.17, 15) is 13.2 Å². The molecule has 0 bridgehead atoms. The van der Waals surface area contributed by atoms with Gasteiger partial charge in [0, 0.05) is 24.0 Å². The predicted octanol–water partition coefficient (Wildman–Crippen LogP) is 3.95. The Bertz CT molecular complexity index is 1100. The van der Waals surface area contributed by atoms with E-state index >= 15 is 0 Å². The van der Waals surface area contributed by atoms with Gasteiger partial charge in [0.25, 0.3) is 0 Å². The van der Waals surface area contributed by atoms with Crippen LogP contribution in [0.2, 0.25) is 0 Å². The molecule has 0 N–H and O–H groups in total. The number of aromatic nitrogens is 1. The quantitative estimate of drug-likeness (QED) is 0.556. The Kier molecular flexibility index (Phi) is 5.75. The summed E-state index contributed by atoms with van der Waals surface area (Å²) in [7, 11) is -3.57. The molecule has 1 aromatic heterocycles. The number of thiazole rings is 1. The van der Waals surface area contributed by atoms with E-state index in [1.165, 1.54) is 27.8 Å². The zero-order valence-corrected chi connectivity index (χ0v) is 17.3. The van der Waals surface area contributed by atoms with Crippen molar-refractivity contribution < 1.29 is 17.9 Å². The van der Waals surface area contributed by atoms with Crippen molar-refractivity contribution in [1.29, 1.82) is 0 Å². The molecule has 3 aromatic rings. The number of benzene rings is 2. The Morgan fingerprint density at radius 2 is 1.83 bits per heavy atom. The number of sulfonamides is 1. The maximum atomic E-state index is 12.7. The van der Waals surface area contributed by atoms with Crippen LogP contribution in [0.1, 0.15) is 28.9 Å². The van der Waals surface area contributed by atoms with Crippen molar-refractivity contribution in [2.75, 3.05) is 13.1 Å². The van der Waals surface area contributed by atoms with Crippen LogP contribution < -0.4 is 0 Å². The van der Waals surface area contributed by atoms with Gasteiger partial charge in [-0.05, 0) is 31.0 Å². The highest BCUT2D eigenvalue weighted by molar-refractivity contribution is 7.89. The highest BCUT2D eigenvalue weighted by atomic mass is 32.2. The summed E-state index contributed by atoms with van der Waals surface area (Å²) in [6.07, 6.45) is 1.72. The van der Waals surface area contributed by atoms with E-state index in [0.717, 1.165) is 23.4 Å². The first-order valence-corrected chi connectivity index (χ1v) is 11.6. The average molecular weight is 429 g/mol. The normalized spacial score (nSPS) is 14.8. The third-order valence-electron chi connectivity index (χ3n) is 4.70. The van der Waals surface area contributed by atoms with Crippen molar-refractivity contribution in [1.82, 2.24) is 9.29 Å². The van der Waals surface area contributed by atoms with Crippen LogP contribution >= 0.6 is 11.3 Å². The summed E-state index contributed by atoms with van der Waals surface area (Å²) in [6.45, 7) is 1.07. The molecule has 0 radical (unpaired) electrons. The van der Waals surface area contributed by atoms with Gasteiger partial charge in [0.15, 0.2) is 0 Å². The van der Waals surface area contributed by atoms with Crippen LogP contribution in [0.15, 0.2) is 64.9 Å². The van der Waals surface area contributed by atoms with Gasteiger partial charge in [0.05, 0.1) is 16.2 Å². The van der Waals surface area contributed by atoms with Gasteiger partial charge in [-0.25, -0.2) is 18.2 Å². The fourth-order valence-corrected chi connectivity index (χ4v) is 5.54. The second-order valence-electron chi connectivity index (χ2n) is 6.73. The number of esters is 1. The molecule has 8 heteroatoms. The summed E-state index contributed by atoms with van der Waals surface area (Å²) in [4.78, 5) is 17.1. The SMILES string of the molecule is O=C(OCc1csc(-c2ccccc2)n1)c1cccc(S(=O)(=O)N2CCCC2)c1. The number of nitrogens with zero attached hydrogens (tertiary/aromatic N) is 2. The van der Waals surface area contributed by atoms with E-state index in [1.807, 2.05) is 35.7 Å². The topological polar surface area (TPSA) is 76.6 Å². The second-order valence-corrected chi connectivity index (χ2v) is 9.52. The average Bonchev–Trinajstić information content (AvgIpc) is 3.45. The van der Waals surface area contributed by atoms with Gasteiger partial charge in [-0.15, -0.1) is 11.3 Å². The summed E-state index contributed by atoms with van der Waals surface area (Å²) in [6, 6.07) is 15.8. The molecule has 0 saturated carbocycles. The standard InChI is InChI=1S/C21H20N2O4S2/c24-21(27-14-18-15-28-20(22-18)16-7-2-1-3-8-16)17-9-6-10-19(13-17)29(25,26)23-11-4-5-12-23/h1-3,6-10,13,15H,4-5,11-12,14H2. The van der Waals surface area contributed by atoms with Crippen molar-refractivity contribution >= 4 is 27.3 Å². The molecule has 1 fully saturated rings. The Labute approximate surface area is 173 Å². The number of hydrogen-bond acceptors (Lipinski definition) is 6. The third kappa shape index (κ3) is 4.39. The Morgan fingerprint density at radius 1 is 1.07 bits per heavy atom. The molecule has 1 aliphatic rings. The fourth-order valence-electron chi connectivity index (χ4n) is 3.17. The van der Waals surface area contributed by atoms with E-state index < -0.39 is 16.0 Å². The summed E-state index contributed by atoms with van der Waals surface area (Å²) in [5.74, 6) is -0.572. The lowest BCUT2D eigenvalue weighted by molar-refractivity contribution is 0.0468. The minimum Gasteiger partial charge on any atom is -0.456 e. The zero-order chi connectivity index (χ0) is 20.3. The first-order chi connectivity index (χ1) is 14.0. The van der Waals surface area contributed by atoms with Crippen molar-refractivity contribution in [2.45, 2.75) is 24.3 Å². The molecule has 1 saturated heterocycles. The number of carbonyl (C=O) groups is 1. The molecule has 1 aliphatic heterocycles. The van der Waals surface area contributed by atoms with Crippen LogP contribution in [-0.4, -0.2) is 36.8 Å². The van der Waals surface area contributed by atoms with E-state index in [0.29, 0.717) is 18.8 Å². The largest absolute Gasteiger partial charge is 0.456 e. The van der Waals surface area contributed by atoms with Gasteiger partial charge in [-0.3, -0.25) is 0 Å². The molecule has 6 nitrogen and oxygen atoms in total. The number of ether oxygens (including phenoxy) is 1. The molecular formula is C21H20N2O4S2. The lowest BCUT2D eigenvalue weighted by Gasteiger charge is -2.15. The van der Waals surface area contributed by atoms with Crippen LogP contribution in [-0.2, 0) is 21.4 Å². The lowest BCUT2D eigenvalue weighted by atomic mass is 10.2. The molecule has 4 rings (SSSR count). The fraction of sp³-hybridized carbons (Fsp3) is 0.238. The monoisotopic (exact) mass is 428 g/mol. The number of carbonyl (C=O) groups excluding carboxylic acids is 1. The number of hydrogen-bond donors (Lipinski definition) is 0. The van der Waals surface area contributed by atoms with Gasteiger partial charge >= 0.3 is 5.97 Å². The van der Waals surface area contributed by atoms with Crippen molar-refractivity contribution in [3.63, 3.8) is 0 Å². The van der Waals surface area contributed by atoms with Crippen LogP contribution in [0.3, 0.4) is 0 Å². The van der Waals surface area contributed by atoms with Crippen LogP contribution in [0, 0.1) is 0 Å². The first-order valence-electron chi connectivity index (χ1n) is 9.31. The summed E-state index contributed by atoms with van der Waals surface area (Å²) < 4.78 is 32.2. The molecule has 0 spiro atoms. The third-order valence-corrected chi connectivity index (χ3v) is 7.53. The van der Waals surface area contributed by atoms with E-state index in [4.69, 9.17) is 4.74 Å². The minimum absolute atomic E-state index is 0.0330. The summed E-state index contributed by atoms with van der Waals surface area (Å²) in [5, 5.41) is 2.71. The molecular weight excluding hydrogens is 408 g/mol. The predicted molar refractivity (Wildman–Crippen MR) is 111 cm³/mol. The molecule has 2 aromatic carbocycles. The van der Waals surface area contributed by atoms with Gasteiger partial charge in [-0.1, -0.05) is 36.4 Å². The highest BCUT2D eigenvalue weighted by Gasteiger charge is 2.27. The molecule has 0 unspecified atom stereocenters. The van der Waals surface area contributed by atoms with E-state index in [-0.39, 0.29) is 17.1 Å². The van der Waals surface area contributed by atoms with Gasteiger partial charge in [0.1, 0.15) is 11.6 Å². The summed E-state index contributed by atoms with van der Waals surface area (Å²) in [5.41, 5.74) is 1.88. The highest BCUT2D eigenvalue weighted by Crippen LogP contribution is 2.24. The Morgan fingerprint density at radius 3 is 2.59 bits per heavy atom. The second kappa shape index (κ2) is 8.44. The number of rotatable bonds is 6. The van der Waals surface area contributed by atoms with Crippen molar-refractivity contribution in [3.8, 4) is 10.6 Å². The van der Waals surface area contributed by atoms with Gasteiger partial charge in [0.2, 0.25) is 10.0 Å². The van der Waals surface area contributed by atoms with Crippen molar-refractivity contribution in [2.24, 2.45) is 0 Å². The first kappa shape index (κ1) is 19.8. The maximum Gasteiger partial charge on any atom is 0.338 e. The van der Waals surface area contributed by atoms with Crippen LogP contribution in [0.4, 0.5) is 0 Å². The molecule has 0 amide bonds. The molecule has 2 heterocycles. The van der Waals surface area contributed by atoms with Crippen LogP contribution in [0.5, 0.6) is 0 Å². The smallest absolute Gasteiger partial charge is 0.338 e. The van der Waals surface area contributed by atoms with E-state index in [2.05, 4.69) is 4.98 Å². The van der Waals surface area contributed by atoms with E-state index in [1.54, 1.807) is 12.1 Å². The lowest BCUT2D eigenvalue weighted by Crippen LogP contribution is -2.28.